The first-order valence-electron chi connectivity index (χ1n) is 11.2. The van der Waals surface area contributed by atoms with Crippen LogP contribution in [0, 0.1) is 5.92 Å². The molecule has 0 saturated carbocycles. The molecule has 0 radical (unpaired) electrons. The fourth-order valence-corrected chi connectivity index (χ4v) is 4.07. The Morgan fingerprint density at radius 2 is 1.90 bits per heavy atom. The van der Waals surface area contributed by atoms with Gasteiger partial charge in [-0.3, -0.25) is 4.79 Å². The zero-order valence-corrected chi connectivity index (χ0v) is 18.1. The van der Waals surface area contributed by atoms with Gasteiger partial charge >= 0.3 is 0 Å². The SMILES string of the molecule is CCCCc1ccc(NC(=O)C2CCCN(c3cc(-c4ccccc4)ncn3)C2)cc1. The van der Waals surface area contributed by atoms with Crippen LogP contribution in [-0.2, 0) is 11.2 Å². The molecular weight excluding hydrogens is 384 g/mol. The summed E-state index contributed by atoms with van der Waals surface area (Å²) in [6, 6.07) is 20.4. The maximum atomic E-state index is 12.9. The molecular formula is C26H30N4O. The Morgan fingerprint density at radius 1 is 1.10 bits per heavy atom. The monoisotopic (exact) mass is 414 g/mol. The first kappa shape index (κ1) is 21.0. The highest BCUT2D eigenvalue weighted by Gasteiger charge is 2.27. The topological polar surface area (TPSA) is 58.1 Å². The zero-order chi connectivity index (χ0) is 21.5. The van der Waals surface area contributed by atoms with Crippen molar-refractivity contribution in [1.29, 1.82) is 0 Å². The molecule has 0 bridgehead atoms. The summed E-state index contributed by atoms with van der Waals surface area (Å²) >= 11 is 0. The van der Waals surface area contributed by atoms with E-state index in [1.807, 2.05) is 48.5 Å². The van der Waals surface area contributed by atoms with E-state index in [4.69, 9.17) is 0 Å². The molecule has 1 amide bonds. The summed E-state index contributed by atoms with van der Waals surface area (Å²) in [5.74, 6) is 0.915. The minimum absolute atomic E-state index is 0.0522. The van der Waals surface area contributed by atoms with Gasteiger partial charge in [-0.05, 0) is 43.4 Å². The van der Waals surface area contributed by atoms with Crippen LogP contribution in [-0.4, -0.2) is 29.0 Å². The average Bonchev–Trinajstić information content (AvgIpc) is 2.84. The van der Waals surface area contributed by atoms with Crippen LogP contribution in [0.1, 0.15) is 38.2 Å². The molecule has 5 heteroatoms. The minimum Gasteiger partial charge on any atom is -0.356 e. The van der Waals surface area contributed by atoms with E-state index in [1.54, 1.807) is 6.33 Å². The third-order valence-electron chi connectivity index (χ3n) is 5.88. The van der Waals surface area contributed by atoms with Gasteiger partial charge in [0.05, 0.1) is 11.6 Å². The van der Waals surface area contributed by atoms with Crippen LogP contribution in [0.4, 0.5) is 11.5 Å². The number of unbranched alkanes of at least 4 members (excludes halogenated alkanes) is 1. The number of amides is 1. The van der Waals surface area contributed by atoms with Crippen molar-refractivity contribution in [1.82, 2.24) is 9.97 Å². The summed E-state index contributed by atoms with van der Waals surface area (Å²) in [4.78, 5) is 24.0. The van der Waals surface area contributed by atoms with Crippen molar-refractivity contribution in [2.75, 3.05) is 23.3 Å². The Bertz CT molecular complexity index is 988. The van der Waals surface area contributed by atoms with Gasteiger partial charge in [-0.2, -0.15) is 0 Å². The molecule has 2 aromatic carbocycles. The Kier molecular flexibility index (Phi) is 6.92. The number of hydrogen-bond donors (Lipinski definition) is 1. The lowest BCUT2D eigenvalue weighted by Gasteiger charge is -2.33. The second-order valence-corrected chi connectivity index (χ2v) is 8.20. The fourth-order valence-electron chi connectivity index (χ4n) is 4.07. The zero-order valence-electron chi connectivity index (χ0n) is 18.1. The number of benzene rings is 2. The van der Waals surface area contributed by atoms with Gasteiger partial charge in [0, 0.05) is 30.4 Å². The van der Waals surface area contributed by atoms with Crippen molar-refractivity contribution in [3.8, 4) is 11.3 Å². The lowest BCUT2D eigenvalue weighted by molar-refractivity contribution is -0.120. The standard InChI is InChI=1S/C26H30N4O/c1-2-3-8-20-12-14-23(15-13-20)29-26(31)22-11-7-16-30(18-22)25-17-24(27-19-28-25)21-9-5-4-6-10-21/h4-6,9-10,12-15,17,19,22H,2-3,7-8,11,16,18H2,1H3,(H,29,31). The summed E-state index contributed by atoms with van der Waals surface area (Å²) in [5, 5.41) is 3.11. The highest BCUT2D eigenvalue weighted by atomic mass is 16.1. The normalized spacial score (nSPS) is 16.2. The molecule has 1 fully saturated rings. The molecule has 4 rings (SSSR count). The molecule has 5 nitrogen and oxygen atoms in total. The molecule has 3 aromatic rings. The summed E-state index contributed by atoms with van der Waals surface area (Å²) in [6.45, 7) is 3.78. The van der Waals surface area contributed by atoms with Crippen LogP contribution in [0.5, 0.6) is 0 Å². The molecule has 1 aromatic heterocycles. The van der Waals surface area contributed by atoms with E-state index in [9.17, 15) is 4.79 Å². The fraction of sp³-hybridized carbons (Fsp3) is 0.346. The summed E-state index contributed by atoms with van der Waals surface area (Å²) in [6.07, 6.45) is 6.95. The van der Waals surface area contributed by atoms with Crippen molar-refractivity contribution in [3.05, 3.63) is 72.6 Å². The van der Waals surface area contributed by atoms with Gasteiger partial charge in [-0.1, -0.05) is 55.8 Å². The van der Waals surface area contributed by atoms with Crippen molar-refractivity contribution >= 4 is 17.4 Å². The number of rotatable bonds is 7. The highest BCUT2D eigenvalue weighted by molar-refractivity contribution is 5.93. The average molecular weight is 415 g/mol. The summed E-state index contributed by atoms with van der Waals surface area (Å²) in [7, 11) is 0. The van der Waals surface area contributed by atoms with Crippen molar-refractivity contribution < 1.29 is 4.79 Å². The van der Waals surface area contributed by atoms with Gasteiger partial charge in [0.2, 0.25) is 5.91 Å². The van der Waals surface area contributed by atoms with E-state index < -0.39 is 0 Å². The van der Waals surface area contributed by atoms with Crippen LogP contribution in [0.2, 0.25) is 0 Å². The first-order chi connectivity index (χ1) is 15.2. The number of carbonyl (C=O) groups excluding carboxylic acids is 1. The molecule has 31 heavy (non-hydrogen) atoms. The molecule has 1 N–H and O–H groups in total. The van der Waals surface area contributed by atoms with Crippen molar-refractivity contribution in [3.63, 3.8) is 0 Å². The number of carbonyl (C=O) groups is 1. The quantitative estimate of drug-likeness (QED) is 0.567. The Balaban J connectivity index is 1.40. The molecule has 1 unspecified atom stereocenters. The van der Waals surface area contributed by atoms with E-state index >= 15 is 0 Å². The van der Waals surface area contributed by atoms with Gasteiger partial charge in [-0.15, -0.1) is 0 Å². The number of nitrogens with zero attached hydrogens (tertiary/aromatic N) is 3. The number of nitrogens with one attached hydrogen (secondary N) is 1. The van der Waals surface area contributed by atoms with Gasteiger partial charge in [0.25, 0.3) is 0 Å². The van der Waals surface area contributed by atoms with Crippen LogP contribution in [0.3, 0.4) is 0 Å². The van der Waals surface area contributed by atoms with E-state index in [-0.39, 0.29) is 11.8 Å². The highest BCUT2D eigenvalue weighted by Crippen LogP contribution is 2.26. The largest absolute Gasteiger partial charge is 0.356 e. The lowest BCUT2D eigenvalue weighted by Crippen LogP contribution is -2.41. The molecule has 0 spiro atoms. The second kappa shape index (κ2) is 10.2. The molecule has 0 aliphatic carbocycles. The molecule has 1 saturated heterocycles. The van der Waals surface area contributed by atoms with Gasteiger partial charge < -0.3 is 10.2 Å². The number of piperidine rings is 1. The predicted octanol–water partition coefficient (Wildman–Crippen LogP) is 5.34. The number of anilines is 2. The Hall–Kier alpha value is -3.21. The number of hydrogen-bond acceptors (Lipinski definition) is 4. The Labute approximate surface area is 184 Å². The number of aromatic nitrogens is 2. The van der Waals surface area contributed by atoms with Crippen LogP contribution >= 0.6 is 0 Å². The van der Waals surface area contributed by atoms with Gasteiger partial charge in [0.1, 0.15) is 12.1 Å². The maximum absolute atomic E-state index is 12.9. The second-order valence-electron chi connectivity index (χ2n) is 8.20. The van der Waals surface area contributed by atoms with Crippen LogP contribution in [0.25, 0.3) is 11.3 Å². The third kappa shape index (κ3) is 5.48. The summed E-state index contributed by atoms with van der Waals surface area (Å²) in [5.41, 5.74) is 4.16. The van der Waals surface area contributed by atoms with E-state index in [1.165, 1.54) is 18.4 Å². The lowest BCUT2D eigenvalue weighted by atomic mass is 9.97. The third-order valence-corrected chi connectivity index (χ3v) is 5.88. The van der Waals surface area contributed by atoms with Gasteiger partial charge in [-0.25, -0.2) is 9.97 Å². The van der Waals surface area contributed by atoms with Crippen molar-refractivity contribution in [2.24, 2.45) is 5.92 Å². The molecule has 1 aliphatic rings. The maximum Gasteiger partial charge on any atom is 0.229 e. The molecule has 2 heterocycles. The minimum atomic E-state index is -0.0522. The molecule has 1 aliphatic heterocycles. The molecule has 160 valence electrons. The molecule has 1 atom stereocenters. The van der Waals surface area contributed by atoms with Crippen LogP contribution in [0.15, 0.2) is 67.0 Å². The van der Waals surface area contributed by atoms with Crippen molar-refractivity contribution in [2.45, 2.75) is 39.0 Å². The van der Waals surface area contributed by atoms with E-state index in [0.717, 1.165) is 48.6 Å². The Morgan fingerprint density at radius 3 is 2.68 bits per heavy atom. The van der Waals surface area contributed by atoms with Crippen LogP contribution < -0.4 is 10.2 Å². The number of aryl methyl sites for hydroxylation is 1. The van der Waals surface area contributed by atoms with Gasteiger partial charge in [0.15, 0.2) is 0 Å². The predicted molar refractivity (Wildman–Crippen MR) is 126 cm³/mol. The smallest absolute Gasteiger partial charge is 0.229 e. The van der Waals surface area contributed by atoms with E-state index in [2.05, 4.69) is 39.2 Å². The summed E-state index contributed by atoms with van der Waals surface area (Å²) < 4.78 is 0. The first-order valence-corrected chi connectivity index (χ1v) is 11.2. The van der Waals surface area contributed by atoms with E-state index in [0.29, 0.717) is 6.54 Å².